The van der Waals surface area contributed by atoms with E-state index < -0.39 is 6.10 Å². The molecule has 4 N–H and O–H groups in total. The van der Waals surface area contributed by atoms with Crippen molar-refractivity contribution < 1.29 is 5.11 Å². The van der Waals surface area contributed by atoms with Gasteiger partial charge >= 0.3 is 0 Å². The Balaban J connectivity index is 2.61. The van der Waals surface area contributed by atoms with E-state index in [0.717, 1.165) is 16.5 Å². The van der Waals surface area contributed by atoms with Crippen molar-refractivity contribution in [2.24, 2.45) is 5.73 Å². The molecule has 1 unspecified atom stereocenters. The summed E-state index contributed by atoms with van der Waals surface area (Å²) in [5.41, 5.74) is 7.15. The van der Waals surface area contributed by atoms with Crippen molar-refractivity contribution in [2.45, 2.75) is 6.10 Å². The second-order valence-corrected chi connectivity index (χ2v) is 3.62. The summed E-state index contributed by atoms with van der Waals surface area (Å²) >= 11 is 5.87. The summed E-state index contributed by atoms with van der Waals surface area (Å²) in [6.07, 6.45) is 1.13. The van der Waals surface area contributed by atoms with E-state index in [1.54, 1.807) is 12.3 Å². The minimum atomic E-state index is -0.637. The molecule has 1 aromatic carbocycles. The molecule has 2 rings (SSSR count). The molecule has 0 amide bonds. The van der Waals surface area contributed by atoms with Gasteiger partial charge < -0.3 is 15.8 Å². The van der Waals surface area contributed by atoms with Gasteiger partial charge in [-0.3, -0.25) is 0 Å². The molecule has 0 radical (unpaired) electrons. The van der Waals surface area contributed by atoms with Crippen LogP contribution in [0.4, 0.5) is 0 Å². The number of aromatic nitrogens is 1. The quantitative estimate of drug-likeness (QED) is 0.708. The highest BCUT2D eigenvalue weighted by atomic mass is 35.5. The first kappa shape index (κ1) is 9.52. The first-order chi connectivity index (χ1) is 6.72. The molecule has 3 nitrogen and oxygen atoms in total. The third kappa shape index (κ3) is 1.50. The lowest BCUT2D eigenvalue weighted by atomic mass is 10.1. The van der Waals surface area contributed by atoms with Gasteiger partial charge in [0.05, 0.1) is 6.10 Å². The van der Waals surface area contributed by atoms with Gasteiger partial charge in [0, 0.05) is 34.2 Å². The van der Waals surface area contributed by atoms with Crippen LogP contribution >= 0.6 is 11.6 Å². The zero-order chi connectivity index (χ0) is 10.1. The van der Waals surface area contributed by atoms with Crippen LogP contribution in [0.1, 0.15) is 11.7 Å². The van der Waals surface area contributed by atoms with Gasteiger partial charge in [-0.25, -0.2) is 0 Å². The van der Waals surface area contributed by atoms with Crippen LogP contribution in [0.2, 0.25) is 5.02 Å². The Morgan fingerprint density at radius 1 is 1.50 bits per heavy atom. The molecule has 74 valence electrons. The maximum absolute atomic E-state index is 9.62. The Morgan fingerprint density at radius 2 is 2.29 bits per heavy atom. The van der Waals surface area contributed by atoms with Crippen LogP contribution in [0.5, 0.6) is 0 Å². The summed E-state index contributed by atoms with van der Waals surface area (Å²) in [6.45, 7) is 0.208. The SMILES string of the molecule is NCC(O)c1c[nH]c2ccc(Cl)cc12. The molecule has 1 heterocycles. The number of aromatic amines is 1. The molecule has 0 saturated carbocycles. The number of rotatable bonds is 2. The average molecular weight is 211 g/mol. The summed E-state index contributed by atoms with van der Waals surface area (Å²) in [7, 11) is 0. The van der Waals surface area contributed by atoms with E-state index in [1.807, 2.05) is 12.1 Å². The largest absolute Gasteiger partial charge is 0.387 e. The first-order valence-corrected chi connectivity index (χ1v) is 4.75. The average Bonchev–Trinajstić information content (AvgIpc) is 2.59. The lowest BCUT2D eigenvalue weighted by molar-refractivity contribution is 0.188. The Hall–Kier alpha value is -1.03. The monoisotopic (exact) mass is 210 g/mol. The van der Waals surface area contributed by atoms with Gasteiger partial charge in [-0.1, -0.05) is 11.6 Å². The normalized spacial score (nSPS) is 13.4. The van der Waals surface area contributed by atoms with E-state index in [4.69, 9.17) is 17.3 Å². The second kappa shape index (κ2) is 3.61. The van der Waals surface area contributed by atoms with E-state index >= 15 is 0 Å². The molecule has 4 heteroatoms. The van der Waals surface area contributed by atoms with Crippen molar-refractivity contribution in [3.05, 3.63) is 35.0 Å². The number of hydrogen-bond donors (Lipinski definition) is 3. The van der Waals surface area contributed by atoms with E-state index in [-0.39, 0.29) is 6.54 Å². The third-order valence-corrected chi connectivity index (χ3v) is 2.49. The number of aliphatic hydroxyl groups is 1. The van der Waals surface area contributed by atoms with Gasteiger partial charge in [0.2, 0.25) is 0 Å². The highest BCUT2D eigenvalue weighted by Crippen LogP contribution is 2.26. The highest BCUT2D eigenvalue weighted by Gasteiger charge is 2.11. The van der Waals surface area contributed by atoms with Crippen LogP contribution in [-0.2, 0) is 0 Å². The number of aliphatic hydroxyl groups excluding tert-OH is 1. The van der Waals surface area contributed by atoms with E-state index in [9.17, 15) is 5.11 Å². The van der Waals surface area contributed by atoms with Crippen molar-refractivity contribution in [3.63, 3.8) is 0 Å². The van der Waals surface area contributed by atoms with Crippen LogP contribution in [0.25, 0.3) is 10.9 Å². The maximum atomic E-state index is 9.62. The third-order valence-electron chi connectivity index (χ3n) is 2.26. The molecule has 2 aromatic rings. The zero-order valence-corrected chi connectivity index (χ0v) is 8.25. The van der Waals surface area contributed by atoms with Crippen LogP contribution in [-0.4, -0.2) is 16.6 Å². The lowest BCUT2D eigenvalue weighted by Crippen LogP contribution is -2.10. The van der Waals surface area contributed by atoms with Crippen LogP contribution in [0.3, 0.4) is 0 Å². The Bertz CT molecular complexity index is 452. The maximum Gasteiger partial charge on any atom is 0.0932 e. The molecule has 1 atom stereocenters. The van der Waals surface area contributed by atoms with Gasteiger partial charge in [-0.2, -0.15) is 0 Å². The molecule has 1 aromatic heterocycles. The van der Waals surface area contributed by atoms with Crippen molar-refractivity contribution >= 4 is 22.5 Å². The summed E-state index contributed by atoms with van der Waals surface area (Å²) in [5, 5.41) is 11.2. The number of H-pyrrole nitrogens is 1. The lowest BCUT2D eigenvalue weighted by Gasteiger charge is -2.05. The molecule has 0 saturated heterocycles. The topological polar surface area (TPSA) is 62.0 Å². The van der Waals surface area contributed by atoms with Crippen LogP contribution in [0.15, 0.2) is 24.4 Å². The Labute approximate surface area is 86.5 Å². The predicted octanol–water partition coefficient (Wildman–Crippen LogP) is 1.81. The molecular weight excluding hydrogens is 200 g/mol. The van der Waals surface area contributed by atoms with Crippen molar-refractivity contribution in [3.8, 4) is 0 Å². The first-order valence-electron chi connectivity index (χ1n) is 4.37. The fraction of sp³-hybridized carbons (Fsp3) is 0.200. The van der Waals surface area contributed by atoms with Crippen molar-refractivity contribution in [1.29, 1.82) is 0 Å². The van der Waals surface area contributed by atoms with Crippen molar-refractivity contribution in [2.75, 3.05) is 6.54 Å². The minimum absolute atomic E-state index is 0.208. The smallest absolute Gasteiger partial charge is 0.0932 e. The fourth-order valence-corrected chi connectivity index (χ4v) is 1.69. The molecule has 0 bridgehead atoms. The summed E-state index contributed by atoms with van der Waals surface area (Å²) in [5.74, 6) is 0. The number of nitrogens with one attached hydrogen (secondary N) is 1. The fourth-order valence-electron chi connectivity index (χ4n) is 1.52. The van der Waals surface area contributed by atoms with Gasteiger partial charge in [-0.05, 0) is 18.2 Å². The van der Waals surface area contributed by atoms with Gasteiger partial charge in [-0.15, -0.1) is 0 Å². The van der Waals surface area contributed by atoms with Crippen molar-refractivity contribution in [1.82, 2.24) is 4.98 Å². The molecule has 0 fully saturated rings. The Kier molecular flexibility index (Phi) is 2.46. The molecule has 14 heavy (non-hydrogen) atoms. The molecule has 0 aliphatic carbocycles. The standard InChI is InChI=1S/C10H11ClN2O/c11-6-1-2-9-7(3-6)8(5-13-9)10(14)4-12/h1-3,5,10,13-14H,4,12H2. The molecule has 0 aliphatic rings. The minimum Gasteiger partial charge on any atom is -0.387 e. The highest BCUT2D eigenvalue weighted by molar-refractivity contribution is 6.31. The van der Waals surface area contributed by atoms with E-state index in [0.29, 0.717) is 5.02 Å². The summed E-state index contributed by atoms with van der Waals surface area (Å²) < 4.78 is 0. The van der Waals surface area contributed by atoms with Gasteiger partial charge in [0.25, 0.3) is 0 Å². The number of nitrogens with two attached hydrogens (primary N) is 1. The van der Waals surface area contributed by atoms with Crippen LogP contribution < -0.4 is 5.73 Å². The number of hydrogen-bond acceptors (Lipinski definition) is 2. The molecule has 0 spiro atoms. The van der Waals surface area contributed by atoms with E-state index in [2.05, 4.69) is 4.98 Å². The predicted molar refractivity (Wildman–Crippen MR) is 57.3 cm³/mol. The number of halogens is 1. The number of benzene rings is 1. The molecular formula is C10H11ClN2O. The van der Waals surface area contributed by atoms with E-state index in [1.165, 1.54) is 0 Å². The Morgan fingerprint density at radius 3 is 3.00 bits per heavy atom. The summed E-state index contributed by atoms with van der Waals surface area (Å²) in [4.78, 5) is 3.06. The van der Waals surface area contributed by atoms with Gasteiger partial charge in [0.15, 0.2) is 0 Å². The van der Waals surface area contributed by atoms with Crippen LogP contribution in [0, 0.1) is 0 Å². The van der Waals surface area contributed by atoms with Gasteiger partial charge in [0.1, 0.15) is 0 Å². The molecule has 0 aliphatic heterocycles. The number of fused-ring (bicyclic) bond motifs is 1. The summed E-state index contributed by atoms with van der Waals surface area (Å²) in [6, 6.07) is 5.50. The second-order valence-electron chi connectivity index (χ2n) is 3.19. The zero-order valence-electron chi connectivity index (χ0n) is 7.50.